The largest absolute Gasteiger partial charge is 0.481 e. The van der Waals surface area contributed by atoms with Crippen molar-refractivity contribution in [1.82, 2.24) is 10.2 Å². The lowest BCUT2D eigenvalue weighted by Gasteiger charge is -2.24. The minimum atomic E-state index is -4.54. The van der Waals surface area contributed by atoms with Crippen LogP contribution in [0, 0.1) is 11.8 Å². The molecule has 2 amide bonds. The highest BCUT2D eigenvalue weighted by Gasteiger charge is 2.41. The van der Waals surface area contributed by atoms with Crippen LogP contribution in [0.2, 0.25) is 0 Å². The maximum absolute atomic E-state index is 12.5. The Bertz CT molecular complexity index is 678. The maximum Gasteiger partial charge on any atom is 0.406 e. The summed E-state index contributed by atoms with van der Waals surface area (Å²) in [5.74, 6) is -4.41. The molecule has 1 aromatic carbocycles. The lowest BCUT2D eigenvalue weighted by Crippen LogP contribution is -2.40. The van der Waals surface area contributed by atoms with Gasteiger partial charge in [-0.3, -0.25) is 14.4 Å². The van der Waals surface area contributed by atoms with Crippen molar-refractivity contribution in [3.63, 3.8) is 0 Å². The number of nitrogens with one attached hydrogen (secondary N) is 1. The fourth-order valence-corrected chi connectivity index (χ4v) is 2.89. The van der Waals surface area contributed by atoms with E-state index < -0.39 is 48.4 Å². The van der Waals surface area contributed by atoms with Crippen LogP contribution in [0.4, 0.5) is 13.2 Å². The monoisotopic (exact) mass is 372 g/mol. The summed E-state index contributed by atoms with van der Waals surface area (Å²) < 4.78 is 37.4. The number of rotatable bonds is 6. The predicted molar refractivity (Wildman–Crippen MR) is 84.9 cm³/mol. The summed E-state index contributed by atoms with van der Waals surface area (Å²) in [5, 5.41) is 11.8. The Labute approximate surface area is 148 Å². The molecule has 2 rings (SSSR count). The van der Waals surface area contributed by atoms with Crippen molar-refractivity contribution in [3.05, 3.63) is 35.9 Å². The van der Waals surface area contributed by atoms with Gasteiger partial charge in [0.15, 0.2) is 0 Å². The van der Waals surface area contributed by atoms with E-state index in [0.717, 1.165) is 0 Å². The van der Waals surface area contributed by atoms with E-state index in [4.69, 9.17) is 0 Å². The van der Waals surface area contributed by atoms with Gasteiger partial charge in [-0.15, -0.1) is 0 Å². The number of aliphatic carboxylic acids is 1. The Morgan fingerprint density at radius 2 is 1.92 bits per heavy atom. The highest BCUT2D eigenvalue weighted by molar-refractivity contribution is 5.89. The summed E-state index contributed by atoms with van der Waals surface area (Å²) in [6.07, 6.45) is -4.86. The number of likely N-dealkylation sites (tertiary alicyclic amines) is 1. The Morgan fingerprint density at radius 3 is 2.46 bits per heavy atom. The van der Waals surface area contributed by atoms with Crippen LogP contribution in [0.15, 0.2) is 30.3 Å². The molecule has 0 spiro atoms. The molecular weight excluding hydrogens is 353 g/mol. The van der Waals surface area contributed by atoms with Crippen LogP contribution in [-0.4, -0.2) is 47.1 Å². The third-order valence-electron chi connectivity index (χ3n) is 4.30. The average molecular weight is 372 g/mol. The van der Waals surface area contributed by atoms with E-state index in [9.17, 15) is 32.7 Å². The van der Waals surface area contributed by atoms with E-state index >= 15 is 0 Å². The first-order chi connectivity index (χ1) is 12.1. The average Bonchev–Trinajstić information content (AvgIpc) is 2.91. The molecule has 1 aliphatic heterocycles. The van der Waals surface area contributed by atoms with Gasteiger partial charge >= 0.3 is 12.1 Å². The topological polar surface area (TPSA) is 86.7 Å². The number of carbonyl (C=O) groups is 3. The number of hydrogen-bond donors (Lipinski definition) is 2. The van der Waals surface area contributed by atoms with Crippen LogP contribution in [0.1, 0.15) is 24.9 Å². The van der Waals surface area contributed by atoms with Gasteiger partial charge in [0.05, 0.1) is 17.9 Å². The van der Waals surface area contributed by atoms with Crippen LogP contribution in [-0.2, 0) is 14.4 Å². The van der Waals surface area contributed by atoms with Crippen molar-refractivity contribution < 1.29 is 32.7 Å². The number of halogens is 3. The fraction of sp³-hybridized carbons (Fsp3) is 0.471. The number of nitrogens with zero attached hydrogens (tertiary/aromatic N) is 1. The molecule has 0 aliphatic carbocycles. The molecule has 26 heavy (non-hydrogen) atoms. The molecule has 0 radical (unpaired) electrons. The third-order valence-corrected chi connectivity index (χ3v) is 4.30. The number of carbonyl (C=O) groups excluding carboxylic acids is 2. The first-order valence-electron chi connectivity index (χ1n) is 8.01. The molecular formula is C17H19F3N2O4. The van der Waals surface area contributed by atoms with Gasteiger partial charge in [0.1, 0.15) is 6.54 Å². The first-order valence-corrected chi connectivity index (χ1v) is 8.01. The van der Waals surface area contributed by atoms with Crippen molar-refractivity contribution in [2.45, 2.75) is 25.6 Å². The zero-order chi connectivity index (χ0) is 19.5. The summed E-state index contributed by atoms with van der Waals surface area (Å²) in [4.78, 5) is 36.1. The molecule has 2 N–H and O–H groups in total. The van der Waals surface area contributed by atoms with Crippen molar-refractivity contribution in [2.24, 2.45) is 11.8 Å². The minimum absolute atomic E-state index is 0.328. The summed E-state index contributed by atoms with van der Waals surface area (Å²) in [6.45, 7) is -0.313. The van der Waals surface area contributed by atoms with Gasteiger partial charge in [-0.2, -0.15) is 13.2 Å². The number of alkyl halides is 3. The zero-order valence-electron chi connectivity index (χ0n) is 14.0. The summed E-state index contributed by atoms with van der Waals surface area (Å²) >= 11 is 0. The number of benzene rings is 1. The number of amides is 2. The molecule has 0 unspecified atom stereocenters. The second-order valence-corrected chi connectivity index (χ2v) is 6.31. The van der Waals surface area contributed by atoms with Crippen LogP contribution in [0.25, 0.3) is 0 Å². The van der Waals surface area contributed by atoms with Gasteiger partial charge in [0.2, 0.25) is 11.8 Å². The van der Waals surface area contributed by atoms with E-state index in [1.807, 2.05) is 0 Å². The first kappa shape index (κ1) is 19.7. The van der Waals surface area contributed by atoms with Crippen LogP contribution in [0.5, 0.6) is 0 Å². The van der Waals surface area contributed by atoms with E-state index in [1.54, 1.807) is 30.3 Å². The third kappa shape index (κ3) is 4.96. The quantitative estimate of drug-likeness (QED) is 0.799. The van der Waals surface area contributed by atoms with Gasteiger partial charge < -0.3 is 15.3 Å². The number of carboxylic acids is 1. The molecule has 3 atom stereocenters. The minimum Gasteiger partial charge on any atom is -0.481 e. The zero-order valence-corrected chi connectivity index (χ0v) is 14.0. The highest BCUT2D eigenvalue weighted by Crippen LogP contribution is 2.27. The van der Waals surface area contributed by atoms with Crippen molar-refractivity contribution in [3.8, 4) is 0 Å². The molecule has 1 aliphatic rings. The molecule has 9 heteroatoms. The second-order valence-electron chi connectivity index (χ2n) is 6.31. The number of hydrogen-bond acceptors (Lipinski definition) is 3. The molecule has 0 saturated carbocycles. The van der Waals surface area contributed by atoms with Crippen LogP contribution in [0.3, 0.4) is 0 Å². The van der Waals surface area contributed by atoms with Gasteiger partial charge in [0.25, 0.3) is 0 Å². The molecule has 1 saturated heterocycles. The van der Waals surface area contributed by atoms with E-state index in [1.165, 1.54) is 6.92 Å². The standard InChI is InChI=1S/C17H19F3N2O4/c1-10(16(25)26)14(11-5-3-2-4-6-11)21-15(24)12-7-13(23)22(8-12)9-17(18,19)20/h2-6,10,12,14H,7-9H2,1H3,(H,21,24)(H,25,26)/t10-,12+,14-/m0/s1. The number of carboxylic acid groups (broad SMARTS) is 1. The van der Waals surface area contributed by atoms with Gasteiger partial charge in [-0.25, -0.2) is 0 Å². The molecule has 142 valence electrons. The molecule has 1 fully saturated rings. The molecule has 0 bridgehead atoms. The molecule has 1 heterocycles. The van der Waals surface area contributed by atoms with Gasteiger partial charge in [-0.1, -0.05) is 30.3 Å². The predicted octanol–water partition coefficient (Wildman–Crippen LogP) is 1.98. The van der Waals surface area contributed by atoms with E-state index in [0.29, 0.717) is 10.5 Å². The Balaban J connectivity index is 2.10. The van der Waals surface area contributed by atoms with Crippen LogP contribution >= 0.6 is 0 Å². The maximum atomic E-state index is 12.5. The summed E-state index contributed by atoms with van der Waals surface area (Å²) in [5.41, 5.74) is 0.562. The van der Waals surface area contributed by atoms with Crippen molar-refractivity contribution >= 4 is 17.8 Å². The van der Waals surface area contributed by atoms with Crippen molar-refractivity contribution in [1.29, 1.82) is 0 Å². The Kier molecular flexibility index (Phi) is 5.89. The summed E-state index contributed by atoms with van der Waals surface area (Å²) in [7, 11) is 0. The molecule has 0 aromatic heterocycles. The lowest BCUT2D eigenvalue weighted by molar-refractivity contribution is -0.157. The Hall–Kier alpha value is -2.58. The Morgan fingerprint density at radius 1 is 1.31 bits per heavy atom. The second kappa shape index (κ2) is 7.76. The highest BCUT2D eigenvalue weighted by atomic mass is 19.4. The smallest absolute Gasteiger partial charge is 0.406 e. The van der Waals surface area contributed by atoms with E-state index in [-0.39, 0.29) is 13.0 Å². The molecule has 1 aromatic rings. The van der Waals surface area contributed by atoms with E-state index in [2.05, 4.69) is 5.32 Å². The van der Waals surface area contributed by atoms with Gasteiger partial charge in [-0.05, 0) is 12.5 Å². The fourth-order valence-electron chi connectivity index (χ4n) is 2.89. The van der Waals surface area contributed by atoms with Crippen LogP contribution < -0.4 is 5.32 Å². The van der Waals surface area contributed by atoms with Gasteiger partial charge in [0, 0.05) is 13.0 Å². The normalized spacial score (nSPS) is 19.9. The lowest BCUT2D eigenvalue weighted by atomic mass is 9.93. The SMILES string of the molecule is C[C@H](C(=O)O)[C@H](NC(=O)[C@@H]1CC(=O)N(CC(F)(F)F)C1)c1ccccc1. The van der Waals surface area contributed by atoms with Crippen molar-refractivity contribution in [2.75, 3.05) is 13.1 Å². The molecule has 6 nitrogen and oxygen atoms in total. The summed E-state index contributed by atoms with van der Waals surface area (Å²) in [6, 6.07) is 7.56.